The molecule has 12 heavy (non-hydrogen) atoms. The lowest BCUT2D eigenvalue weighted by Gasteiger charge is -2.58. The zero-order valence-electron chi connectivity index (χ0n) is 7.89. The van der Waals surface area contributed by atoms with E-state index in [2.05, 4.69) is 13.8 Å². The molecule has 0 spiro atoms. The van der Waals surface area contributed by atoms with E-state index in [1.807, 2.05) is 0 Å². The van der Waals surface area contributed by atoms with Gasteiger partial charge < -0.3 is 0 Å². The predicted molar refractivity (Wildman–Crippen MR) is 51.2 cm³/mol. The summed E-state index contributed by atoms with van der Waals surface area (Å²) >= 11 is 6.55. The third-order valence-electron chi connectivity index (χ3n) is 5.04. The number of fused-ring (bicyclic) bond motifs is 1. The van der Waals surface area contributed by atoms with Crippen LogP contribution >= 0.6 is 11.6 Å². The minimum absolute atomic E-state index is 0.521. The summed E-state index contributed by atoms with van der Waals surface area (Å²) in [5.41, 5.74) is 0.579. The normalized spacial score (nSPS) is 61.0. The SMILES string of the molecule is CC(C)C12CC3CC(CC31)C2Cl. The molecule has 2 bridgehead atoms. The van der Waals surface area contributed by atoms with Crippen molar-refractivity contribution in [1.29, 1.82) is 0 Å². The maximum atomic E-state index is 6.55. The van der Waals surface area contributed by atoms with Gasteiger partial charge in [-0.1, -0.05) is 13.8 Å². The number of hydrogen-bond donors (Lipinski definition) is 0. The smallest absolute Gasteiger partial charge is 0.0426 e. The highest BCUT2D eigenvalue weighted by Crippen LogP contribution is 2.74. The molecule has 0 radical (unpaired) electrons. The van der Waals surface area contributed by atoms with Gasteiger partial charge in [0.25, 0.3) is 0 Å². The van der Waals surface area contributed by atoms with Crippen LogP contribution in [0.15, 0.2) is 0 Å². The van der Waals surface area contributed by atoms with Crippen molar-refractivity contribution in [3.8, 4) is 0 Å². The van der Waals surface area contributed by atoms with Gasteiger partial charge in [-0.15, -0.1) is 11.6 Å². The van der Waals surface area contributed by atoms with Gasteiger partial charge in [0.1, 0.15) is 0 Å². The third kappa shape index (κ3) is 0.575. The summed E-state index contributed by atoms with van der Waals surface area (Å²) < 4.78 is 0. The van der Waals surface area contributed by atoms with Gasteiger partial charge in [-0.2, -0.15) is 0 Å². The van der Waals surface area contributed by atoms with Crippen LogP contribution in [0.1, 0.15) is 33.1 Å². The first-order valence-electron chi connectivity index (χ1n) is 5.30. The average molecular weight is 185 g/mol. The maximum absolute atomic E-state index is 6.55. The minimum Gasteiger partial charge on any atom is -0.122 e. The minimum atomic E-state index is 0.521. The monoisotopic (exact) mass is 184 g/mol. The molecule has 0 amide bonds. The molecule has 0 aromatic carbocycles. The molecular weight excluding hydrogens is 168 g/mol. The second-order valence-corrected chi connectivity index (χ2v) is 5.94. The molecule has 5 atom stereocenters. The van der Waals surface area contributed by atoms with Crippen LogP contribution in [-0.2, 0) is 0 Å². The molecule has 68 valence electrons. The zero-order chi connectivity index (χ0) is 8.51. The van der Waals surface area contributed by atoms with Crippen molar-refractivity contribution in [3.63, 3.8) is 0 Å². The van der Waals surface area contributed by atoms with E-state index < -0.39 is 0 Å². The molecule has 3 aliphatic carbocycles. The Morgan fingerprint density at radius 1 is 1.25 bits per heavy atom. The fourth-order valence-electron chi connectivity index (χ4n) is 4.47. The van der Waals surface area contributed by atoms with Crippen LogP contribution in [0.5, 0.6) is 0 Å². The van der Waals surface area contributed by atoms with Crippen LogP contribution in [0.4, 0.5) is 0 Å². The highest BCUT2D eigenvalue weighted by atomic mass is 35.5. The Labute approximate surface area is 79.7 Å². The van der Waals surface area contributed by atoms with Gasteiger partial charge in [-0.05, 0) is 48.3 Å². The van der Waals surface area contributed by atoms with Crippen molar-refractivity contribution in [3.05, 3.63) is 0 Å². The first kappa shape index (κ1) is 7.67. The van der Waals surface area contributed by atoms with Crippen LogP contribution in [0.3, 0.4) is 0 Å². The standard InChI is InChI=1S/C11H17Cl/c1-6(2)11-5-8-3-7(10(11)12)4-9(8)11/h6-10H,3-5H2,1-2H3. The summed E-state index contributed by atoms with van der Waals surface area (Å²) in [5.74, 6) is 3.79. The highest BCUT2D eigenvalue weighted by Gasteiger charge is 2.69. The average Bonchev–Trinajstić information content (AvgIpc) is 2.39. The predicted octanol–water partition coefficient (Wildman–Crippen LogP) is 3.30. The van der Waals surface area contributed by atoms with Gasteiger partial charge in [-0.25, -0.2) is 0 Å². The van der Waals surface area contributed by atoms with E-state index in [9.17, 15) is 0 Å². The molecule has 0 saturated heterocycles. The molecule has 5 unspecified atom stereocenters. The Bertz CT molecular complexity index is 219. The molecule has 0 heterocycles. The van der Waals surface area contributed by atoms with Gasteiger partial charge in [-0.3, -0.25) is 0 Å². The molecule has 3 aliphatic rings. The lowest BCUT2D eigenvalue weighted by atomic mass is 9.48. The second kappa shape index (κ2) is 2.03. The van der Waals surface area contributed by atoms with Crippen LogP contribution in [-0.4, -0.2) is 5.38 Å². The molecule has 3 fully saturated rings. The molecule has 0 aromatic heterocycles. The van der Waals surface area contributed by atoms with Gasteiger partial charge >= 0.3 is 0 Å². The Hall–Kier alpha value is 0.290. The van der Waals surface area contributed by atoms with E-state index >= 15 is 0 Å². The number of halogens is 1. The second-order valence-electron chi connectivity index (χ2n) is 5.47. The molecular formula is C11H17Cl. The number of hydrogen-bond acceptors (Lipinski definition) is 0. The van der Waals surface area contributed by atoms with E-state index in [1.54, 1.807) is 0 Å². The molecule has 1 heteroatoms. The van der Waals surface area contributed by atoms with E-state index in [4.69, 9.17) is 11.6 Å². The summed E-state index contributed by atoms with van der Waals surface area (Å²) in [6.07, 6.45) is 4.35. The van der Waals surface area contributed by atoms with Gasteiger partial charge in [0.05, 0.1) is 0 Å². The summed E-state index contributed by atoms with van der Waals surface area (Å²) in [6, 6.07) is 0. The Morgan fingerprint density at radius 3 is 2.42 bits per heavy atom. The lowest BCUT2D eigenvalue weighted by molar-refractivity contribution is -0.0690. The van der Waals surface area contributed by atoms with Crippen molar-refractivity contribution in [1.82, 2.24) is 0 Å². The summed E-state index contributed by atoms with van der Waals surface area (Å²) in [7, 11) is 0. The molecule has 0 aliphatic heterocycles. The highest BCUT2D eigenvalue weighted by molar-refractivity contribution is 6.21. The molecule has 0 N–H and O–H groups in total. The van der Waals surface area contributed by atoms with Crippen molar-refractivity contribution < 1.29 is 0 Å². The fourth-order valence-corrected chi connectivity index (χ4v) is 5.18. The van der Waals surface area contributed by atoms with Gasteiger partial charge in [0, 0.05) is 5.38 Å². The van der Waals surface area contributed by atoms with E-state index in [0.717, 1.165) is 23.7 Å². The van der Waals surface area contributed by atoms with Crippen LogP contribution in [0, 0.1) is 29.1 Å². The molecule has 0 aromatic rings. The molecule has 3 rings (SSSR count). The topological polar surface area (TPSA) is 0 Å². The molecule has 0 nitrogen and oxygen atoms in total. The van der Waals surface area contributed by atoms with E-state index in [1.165, 1.54) is 19.3 Å². The molecule has 3 saturated carbocycles. The largest absolute Gasteiger partial charge is 0.122 e. The number of alkyl halides is 1. The summed E-state index contributed by atoms with van der Waals surface area (Å²) in [4.78, 5) is 0. The van der Waals surface area contributed by atoms with Gasteiger partial charge in [0.15, 0.2) is 0 Å². The fraction of sp³-hybridized carbons (Fsp3) is 1.00. The lowest BCUT2D eigenvalue weighted by Crippen LogP contribution is -2.55. The Balaban J connectivity index is 1.99. The zero-order valence-corrected chi connectivity index (χ0v) is 8.64. The van der Waals surface area contributed by atoms with Crippen molar-refractivity contribution in [2.45, 2.75) is 38.5 Å². The van der Waals surface area contributed by atoms with Crippen LogP contribution in [0.2, 0.25) is 0 Å². The summed E-state index contributed by atoms with van der Waals surface area (Å²) in [5, 5.41) is 0.521. The van der Waals surface area contributed by atoms with Crippen molar-refractivity contribution in [2.75, 3.05) is 0 Å². The van der Waals surface area contributed by atoms with Crippen molar-refractivity contribution in [2.24, 2.45) is 29.1 Å². The first-order valence-corrected chi connectivity index (χ1v) is 5.74. The Kier molecular flexibility index (Phi) is 1.30. The first-order chi connectivity index (χ1) is 5.66. The maximum Gasteiger partial charge on any atom is 0.0426 e. The Morgan fingerprint density at radius 2 is 2.00 bits per heavy atom. The van der Waals surface area contributed by atoms with Crippen molar-refractivity contribution >= 4 is 11.6 Å². The van der Waals surface area contributed by atoms with Gasteiger partial charge in [0.2, 0.25) is 0 Å². The van der Waals surface area contributed by atoms with E-state index in [0.29, 0.717) is 10.8 Å². The number of rotatable bonds is 1. The van der Waals surface area contributed by atoms with Crippen LogP contribution in [0.25, 0.3) is 0 Å². The quantitative estimate of drug-likeness (QED) is 0.549. The third-order valence-corrected chi connectivity index (χ3v) is 5.80. The van der Waals surface area contributed by atoms with Crippen LogP contribution < -0.4 is 0 Å². The summed E-state index contributed by atoms with van der Waals surface area (Å²) in [6.45, 7) is 4.73. The van der Waals surface area contributed by atoms with E-state index in [-0.39, 0.29) is 0 Å².